The molecule has 1 aromatic heterocycles. The van der Waals surface area contributed by atoms with Crippen molar-refractivity contribution in [2.24, 2.45) is 0 Å². The molecular formula is C30H35N5O5. The molecule has 0 aliphatic rings. The number of rotatable bonds is 10. The lowest BCUT2D eigenvalue weighted by Gasteiger charge is -2.34. The molecule has 0 aliphatic carbocycles. The molecule has 10 heteroatoms. The number of aromatic nitrogens is 3. The number of ether oxygens (including phenoxy) is 3. The van der Waals surface area contributed by atoms with Crippen molar-refractivity contribution in [2.45, 2.75) is 45.8 Å². The van der Waals surface area contributed by atoms with Gasteiger partial charge in [-0.2, -0.15) is 0 Å². The molecule has 0 spiro atoms. The first kappa shape index (κ1) is 28.4. The summed E-state index contributed by atoms with van der Waals surface area (Å²) in [5, 5.41) is 11.4. The van der Waals surface area contributed by atoms with Crippen LogP contribution in [0.1, 0.15) is 39.3 Å². The zero-order chi connectivity index (χ0) is 28.9. The fourth-order valence-corrected chi connectivity index (χ4v) is 4.40. The summed E-state index contributed by atoms with van der Waals surface area (Å²) in [6, 6.07) is 18.6. The Kier molecular flexibility index (Phi) is 8.57. The largest absolute Gasteiger partial charge is 0.497 e. The highest BCUT2D eigenvalue weighted by atomic mass is 16.5. The van der Waals surface area contributed by atoms with Crippen LogP contribution in [0.4, 0.5) is 5.69 Å². The van der Waals surface area contributed by atoms with Crippen molar-refractivity contribution in [1.29, 1.82) is 0 Å². The summed E-state index contributed by atoms with van der Waals surface area (Å²) >= 11 is 0. The molecule has 1 atom stereocenters. The number of amides is 2. The summed E-state index contributed by atoms with van der Waals surface area (Å²) in [6.07, 6.45) is 0. The minimum Gasteiger partial charge on any atom is -0.497 e. The molecule has 0 fully saturated rings. The second-order valence-corrected chi connectivity index (χ2v) is 10.2. The van der Waals surface area contributed by atoms with Crippen molar-refractivity contribution < 1.29 is 23.8 Å². The van der Waals surface area contributed by atoms with Gasteiger partial charge in [0.2, 0.25) is 11.8 Å². The molecule has 1 heterocycles. The number of fused-ring (bicyclic) bond motifs is 1. The fraction of sp³-hybridized carbons (Fsp3) is 0.333. The summed E-state index contributed by atoms with van der Waals surface area (Å²) in [7, 11) is 3.10. The van der Waals surface area contributed by atoms with Crippen LogP contribution in [0.15, 0.2) is 66.7 Å². The van der Waals surface area contributed by atoms with E-state index in [1.54, 1.807) is 49.6 Å². The third kappa shape index (κ3) is 6.33. The van der Waals surface area contributed by atoms with Crippen molar-refractivity contribution in [3.8, 4) is 17.2 Å². The van der Waals surface area contributed by atoms with Crippen LogP contribution in [0.25, 0.3) is 11.0 Å². The second-order valence-electron chi connectivity index (χ2n) is 10.2. The maximum Gasteiger partial charge on any atom is 0.249 e. The number of carbonyl (C=O) groups excluding carboxylic acids is 2. The molecular weight excluding hydrogens is 510 g/mol. The van der Waals surface area contributed by atoms with Gasteiger partial charge >= 0.3 is 0 Å². The normalized spacial score (nSPS) is 12.1. The standard InChI is InChI=1S/C30H35N5O5/c1-7-40-25-17-12-20(18-26(25)39-6)28(29(37)31-30(2,3)4)35(21-13-15-22(38-5)16-14-21)27(36)19-34-24-11-9-8-10-23(24)32-33-34/h8-18,28H,7,19H2,1-6H3,(H,31,37)/t28-/m0/s1. The Morgan fingerprint density at radius 2 is 1.70 bits per heavy atom. The van der Waals surface area contributed by atoms with Gasteiger partial charge in [0, 0.05) is 11.2 Å². The van der Waals surface area contributed by atoms with Crippen molar-refractivity contribution in [2.75, 3.05) is 25.7 Å². The molecule has 0 saturated carbocycles. The molecule has 2 amide bonds. The van der Waals surface area contributed by atoms with E-state index in [-0.39, 0.29) is 18.4 Å². The molecule has 0 saturated heterocycles. The van der Waals surface area contributed by atoms with E-state index in [9.17, 15) is 9.59 Å². The number of carbonyl (C=O) groups is 2. The van der Waals surface area contributed by atoms with E-state index in [0.29, 0.717) is 46.1 Å². The Labute approximate surface area is 233 Å². The third-order valence-corrected chi connectivity index (χ3v) is 6.13. The van der Waals surface area contributed by atoms with Gasteiger partial charge in [-0.3, -0.25) is 14.5 Å². The average Bonchev–Trinajstić information content (AvgIpc) is 3.33. The minimum atomic E-state index is -1.04. The summed E-state index contributed by atoms with van der Waals surface area (Å²) in [5.74, 6) is 0.906. The number of hydrogen-bond donors (Lipinski definition) is 1. The number of hydrogen-bond acceptors (Lipinski definition) is 7. The van der Waals surface area contributed by atoms with E-state index >= 15 is 0 Å². The highest BCUT2D eigenvalue weighted by Crippen LogP contribution is 2.35. The maximum atomic E-state index is 14.2. The average molecular weight is 546 g/mol. The zero-order valence-electron chi connectivity index (χ0n) is 23.7. The number of nitrogens with zero attached hydrogens (tertiary/aromatic N) is 4. The maximum absolute atomic E-state index is 14.2. The van der Waals surface area contributed by atoms with E-state index in [1.165, 1.54) is 16.7 Å². The van der Waals surface area contributed by atoms with E-state index in [2.05, 4.69) is 15.6 Å². The lowest BCUT2D eigenvalue weighted by atomic mass is 10.00. The summed E-state index contributed by atoms with van der Waals surface area (Å²) < 4.78 is 18.1. The smallest absolute Gasteiger partial charge is 0.249 e. The second kappa shape index (κ2) is 12.1. The Balaban J connectivity index is 1.86. The molecule has 0 radical (unpaired) electrons. The molecule has 3 aromatic carbocycles. The molecule has 10 nitrogen and oxygen atoms in total. The van der Waals surface area contributed by atoms with Crippen LogP contribution in [0.3, 0.4) is 0 Å². The van der Waals surface area contributed by atoms with Crippen LogP contribution in [0.5, 0.6) is 17.2 Å². The van der Waals surface area contributed by atoms with Crippen LogP contribution in [0.2, 0.25) is 0 Å². The first-order chi connectivity index (χ1) is 19.1. The number of anilines is 1. The molecule has 210 valence electrons. The number of nitrogens with one attached hydrogen (secondary N) is 1. The van der Waals surface area contributed by atoms with E-state index < -0.39 is 11.6 Å². The van der Waals surface area contributed by atoms with Gasteiger partial charge in [-0.25, -0.2) is 4.68 Å². The van der Waals surface area contributed by atoms with Gasteiger partial charge in [0.15, 0.2) is 11.5 Å². The molecule has 0 bridgehead atoms. The van der Waals surface area contributed by atoms with Gasteiger partial charge in [-0.1, -0.05) is 23.4 Å². The van der Waals surface area contributed by atoms with Crippen LogP contribution in [-0.2, 0) is 16.1 Å². The van der Waals surface area contributed by atoms with Gasteiger partial charge in [0.05, 0.1) is 26.3 Å². The molecule has 1 N–H and O–H groups in total. The summed E-state index contributed by atoms with van der Waals surface area (Å²) in [4.78, 5) is 29.7. The molecule has 0 aliphatic heterocycles. The van der Waals surface area contributed by atoms with Crippen molar-refractivity contribution >= 4 is 28.5 Å². The lowest BCUT2D eigenvalue weighted by Crippen LogP contribution is -2.50. The Bertz CT molecular complexity index is 1480. The van der Waals surface area contributed by atoms with Crippen LogP contribution < -0.4 is 24.4 Å². The number of para-hydroxylation sites is 1. The quantitative estimate of drug-likeness (QED) is 0.312. The fourth-order valence-electron chi connectivity index (χ4n) is 4.40. The predicted octanol–water partition coefficient (Wildman–Crippen LogP) is 4.54. The van der Waals surface area contributed by atoms with E-state index in [1.807, 2.05) is 52.0 Å². The Hall–Kier alpha value is -4.60. The number of benzene rings is 3. The monoisotopic (exact) mass is 545 g/mol. The lowest BCUT2D eigenvalue weighted by molar-refractivity contribution is -0.128. The van der Waals surface area contributed by atoms with Gasteiger partial charge in [0.25, 0.3) is 0 Å². The van der Waals surface area contributed by atoms with E-state index in [4.69, 9.17) is 14.2 Å². The third-order valence-electron chi connectivity index (χ3n) is 6.13. The predicted molar refractivity (Wildman–Crippen MR) is 153 cm³/mol. The van der Waals surface area contributed by atoms with Gasteiger partial charge in [-0.05, 0) is 81.8 Å². The van der Waals surface area contributed by atoms with Crippen molar-refractivity contribution in [3.05, 3.63) is 72.3 Å². The zero-order valence-corrected chi connectivity index (χ0v) is 23.7. The van der Waals surface area contributed by atoms with Crippen molar-refractivity contribution in [3.63, 3.8) is 0 Å². The first-order valence-electron chi connectivity index (χ1n) is 13.0. The van der Waals surface area contributed by atoms with Gasteiger partial charge in [0.1, 0.15) is 23.9 Å². The SMILES string of the molecule is CCOc1ccc([C@@H](C(=O)NC(C)(C)C)N(C(=O)Cn2nnc3ccccc32)c2ccc(OC)cc2)cc1OC. The highest BCUT2D eigenvalue weighted by molar-refractivity contribution is 6.01. The van der Waals surface area contributed by atoms with Gasteiger partial charge in [-0.15, -0.1) is 5.10 Å². The van der Waals surface area contributed by atoms with Gasteiger partial charge < -0.3 is 19.5 Å². The number of methoxy groups -OCH3 is 2. The first-order valence-corrected chi connectivity index (χ1v) is 13.0. The Morgan fingerprint density at radius 3 is 2.35 bits per heavy atom. The highest BCUT2D eigenvalue weighted by Gasteiger charge is 2.35. The van der Waals surface area contributed by atoms with Crippen molar-refractivity contribution in [1.82, 2.24) is 20.3 Å². The molecule has 4 rings (SSSR count). The van der Waals surface area contributed by atoms with E-state index in [0.717, 1.165) is 0 Å². The van der Waals surface area contributed by atoms with Crippen LogP contribution >= 0.6 is 0 Å². The van der Waals surface area contributed by atoms with Crippen LogP contribution in [-0.4, -0.2) is 53.2 Å². The molecule has 0 unspecified atom stereocenters. The minimum absolute atomic E-state index is 0.139. The summed E-state index contributed by atoms with van der Waals surface area (Å²) in [6.45, 7) is 7.86. The summed E-state index contributed by atoms with van der Waals surface area (Å²) in [5.41, 5.74) is 1.89. The Morgan fingerprint density at radius 1 is 0.975 bits per heavy atom. The topological polar surface area (TPSA) is 108 Å². The molecule has 4 aromatic rings. The van der Waals surface area contributed by atoms with Crippen LogP contribution in [0, 0.1) is 0 Å². The molecule has 40 heavy (non-hydrogen) atoms.